The SMILES string of the molecule is O=C(NCCS(=O)(=O)c1ccc(Cl)cc1)[C@@]12CCCC[C@H]1CNC2. The van der Waals surface area contributed by atoms with E-state index in [9.17, 15) is 13.2 Å². The monoisotopic (exact) mass is 370 g/mol. The molecule has 2 atom stereocenters. The van der Waals surface area contributed by atoms with Gasteiger partial charge < -0.3 is 10.6 Å². The molecule has 2 fully saturated rings. The van der Waals surface area contributed by atoms with Gasteiger partial charge in [0.15, 0.2) is 9.84 Å². The van der Waals surface area contributed by atoms with Crippen LogP contribution in [0.25, 0.3) is 0 Å². The summed E-state index contributed by atoms with van der Waals surface area (Å²) in [4.78, 5) is 12.9. The van der Waals surface area contributed by atoms with E-state index in [0.717, 1.165) is 25.8 Å². The third kappa shape index (κ3) is 3.46. The maximum atomic E-state index is 12.7. The first-order valence-electron chi connectivity index (χ1n) is 8.41. The Labute approximate surface area is 148 Å². The fraction of sp³-hybridized carbons (Fsp3) is 0.588. The Hall–Kier alpha value is -1.11. The van der Waals surface area contributed by atoms with Crippen LogP contribution in [0, 0.1) is 11.3 Å². The van der Waals surface area contributed by atoms with Crippen molar-refractivity contribution < 1.29 is 13.2 Å². The van der Waals surface area contributed by atoms with Gasteiger partial charge in [-0.3, -0.25) is 4.79 Å². The van der Waals surface area contributed by atoms with Gasteiger partial charge in [0.05, 0.1) is 16.1 Å². The Balaban J connectivity index is 1.59. The second kappa shape index (κ2) is 7.02. The van der Waals surface area contributed by atoms with E-state index >= 15 is 0 Å². The molecule has 1 aliphatic heterocycles. The van der Waals surface area contributed by atoms with E-state index in [1.54, 1.807) is 12.1 Å². The molecule has 0 bridgehead atoms. The van der Waals surface area contributed by atoms with Gasteiger partial charge in [-0.2, -0.15) is 0 Å². The highest BCUT2D eigenvalue weighted by molar-refractivity contribution is 7.91. The van der Waals surface area contributed by atoms with Crippen LogP contribution in [-0.2, 0) is 14.6 Å². The van der Waals surface area contributed by atoms with Crippen molar-refractivity contribution in [1.82, 2.24) is 10.6 Å². The molecule has 0 aromatic heterocycles. The minimum atomic E-state index is -3.42. The summed E-state index contributed by atoms with van der Waals surface area (Å²) < 4.78 is 24.6. The Kier molecular flexibility index (Phi) is 5.18. The Morgan fingerprint density at radius 2 is 2.04 bits per heavy atom. The molecule has 1 aromatic rings. The van der Waals surface area contributed by atoms with Gasteiger partial charge >= 0.3 is 0 Å². The standard InChI is InChI=1S/C17H23ClN2O3S/c18-14-4-6-15(7-5-14)24(22,23)10-9-20-16(21)17-8-2-1-3-13(17)11-19-12-17/h4-7,13,19H,1-3,8-12H2,(H,20,21)/t13-,17+/m0/s1. The van der Waals surface area contributed by atoms with Crippen molar-refractivity contribution in [3.63, 3.8) is 0 Å². The average Bonchev–Trinajstić information content (AvgIpc) is 3.00. The highest BCUT2D eigenvalue weighted by Gasteiger charge is 2.49. The summed E-state index contributed by atoms with van der Waals surface area (Å²) in [7, 11) is -3.42. The topological polar surface area (TPSA) is 75.3 Å². The first-order chi connectivity index (χ1) is 11.4. The molecule has 2 N–H and O–H groups in total. The van der Waals surface area contributed by atoms with E-state index in [4.69, 9.17) is 11.6 Å². The fourth-order valence-corrected chi connectivity index (χ4v) is 5.21. The normalized spacial score (nSPS) is 26.8. The molecule has 1 amide bonds. The van der Waals surface area contributed by atoms with E-state index in [-0.39, 0.29) is 28.5 Å². The van der Waals surface area contributed by atoms with E-state index < -0.39 is 9.84 Å². The van der Waals surface area contributed by atoms with E-state index in [1.165, 1.54) is 18.6 Å². The van der Waals surface area contributed by atoms with Crippen LogP contribution in [0.1, 0.15) is 25.7 Å². The highest BCUT2D eigenvalue weighted by atomic mass is 35.5. The zero-order valence-electron chi connectivity index (χ0n) is 13.6. The second-order valence-electron chi connectivity index (χ2n) is 6.76. The van der Waals surface area contributed by atoms with Gasteiger partial charge in [0, 0.05) is 18.1 Å². The molecule has 3 rings (SSSR count). The Morgan fingerprint density at radius 1 is 1.29 bits per heavy atom. The minimum Gasteiger partial charge on any atom is -0.355 e. The number of hydrogen-bond acceptors (Lipinski definition) is 4. The van der Waals surface area contributed by atoms with Crippen molar-refractivity contribution in [1.29, 1.82) is 0 Å². The van der Waals surface area contributed by atoms with Gasteiger partial charge in [-0.05, 0) is 49.6 Å². The van der Waals surface area contributed by atoms with Crippen LogP contribution in [0.15, 0.2) is 29.2 Å². The molecule has 0 spiro atoms. The molecule has 132 valence electrons. The first-order valence-corrected chi connectivity index (χ1v) is 10.4. The summed E-state index contributed by atoms with van der Waals surface area (Å²) >= 11 is 5.79. The van der Waals surface area contributed by atoms with Crippen LogP contribution in [0.2, 0.25) is 5.02 Å². The second-order valence-corrected chi connectivity index (χ2v) is 9.30. The van der Waals surface area contributed by atoms with Crippen molar-refractivity contribution >= 4 is 27.3 Å². The molecule has 7 heteroatoms. The van der Waals surface area contributed by atoms with Crippen molar-refractivity contribution in [3.05, 3.63) is 29.3 Å². The Morgan fingerprint density at radius 3 is 2.79 bits per heavy atom. The number of halogens is 1. The lowest BCUT2D eigenvalue weighted by Gasteiger charge is -2.37. The lowest BCUT2D eigenvalue weighted by Crippen LogP contribution is -2.48. The summed E-state index contributed by atoms with van der Waals surface area (Å²) in [6, 6.07) is 6.11. The lowest BCUT2D eigenvalue weighted by molar-refractivity contribution is -0.133. The number of sulfone groups is 1. The summed E-state index contributed by atoms with van der Waals surface area (Å²) in [5.41, 5.74) is -0.345. The average molecular weight is 371 g/mol. The van der Waals surface area contributed by atoms with Crippen molar-refractivity contribution in [2.24, 2.45) is 11.3 Å². The molecule has 1 heterocycles. The molecular weight excluding hydrogens is 348 g/mol. The maximum Gasteiger partial charge on any atom is 0.227 e. The first kappa shape index (κ1) is 17.7. The zero-order valence-corrected chi connectivity index (χ0v) is 15.1. The smallest absolute Gasteiger partial charge is 0.227 e. The number of hydrogen-bond donors (Lipinski definition) is 2. The molecule has 1 aliphatic carbocycles. The van der Waals surface area contributed by atoms with E-state index in [1.807, 2.05) is 0 Å². The number of fused-ring (bicyclic) bond motifs is 1. The van der Waals surface area contributed by atoms with E-state index in [0.29, 0.717) is 17.5 Å². The maximum absolute atomic E-state index is 12.7. The van der Waals surface area contributed by atoms with Crippen LogP contribution in [0.3, 0.4) is 0 Å². The quantitative estimate of drug-likeness (QED) is 0.831. The third-order valence-corrected chi connectivity index (χ3v) is 7.30. The molecule has 1 saturated heterocycles. The molecule has 5 nitrogen and oxygen atoms in total. The summed E-state index contributed by atoms with van der Waals surface area (Å²) in [5.74, 6) is 0.275. The van der Waals surface area contributed by atoms with Crippen LogP contribution >= 0.6 is 11.6 Å². The van der Waals surface area contributed by atoms with Gasteiger partial charge in [-0.15, -0.1) is 0 Å². The molecule has 24 heavy (non-hydrogen) atoms. The van der Waals surface area contributed by atoms with E-state index in [2.05, 4.69) is 10.6 Å². The van der Waals surface area contributed by atoms with Gasteiger partial charge in [-0.1, -0.05) is 24.4 Å². The Bertz CT molecular complexity index is 705. The van der Waals surface area contributed by atoms with Crippen LogP contribution in [-0.4, -0.2) is 39.7 Å². The lowest BCUT2D eigenvalue weighted by atomic mass is 9.67. The van der Waals surface area contributed by atoms with Crippen LogP contribution in [0.4, 0.5) is 0 Å². The largest absolute Gasteiger partial charge is 0.355 e. The van der Waals surface area contributed by atoms with Gasteiger partial charge in [0.2, 0.25) is 5.91 Å². The fourth-order valence-electron chi connectivity index (χ4n) is 3.93. The van der Waals surface area contributed by atoms with Gasteiger partial charge in [-0.25, -0.2) is 8.42 Å². The van der Waals surface area contributed by atoms with Crippen molar-refractivity contribution in [3.8, 4) is 0 Å². The highest BCUT2D eigenvalue weighted by Crippen LogP contribution is 2.43. The predicted molar refractivity (Wildman–Crippen MR) is 93.8 cm³/mol. The summed E-state index contributed by atoms with van der Waals surface area (Å²) in [5, 5.41) is 6.70. The number of carbonyl (C=O) groups excluding carboxylic acids is 1. The number of amides is 1. The molecule has 1 saturated carbocycles. The molecule has 2 aliphatic rings. The van der Waals surface area contributed by atoms with Crippen LogP contribution < -0.4 is 10.6 Å². The number of rotatable bonds is 5. The molecular formula is C17H23ClN2O3S. The van der Waals surface area contributed by atoms with Crippen molar-refractivity contribution in [2.45, 2.75) is 30.6 Å². The number of carbonyl (C=O) groups is 1. The zero-order chi connectivity index (χ0) is 17.2. The molecule has 0 unspecified atom stereocenters. The predicted octanol–water partition coefficient (Wildman–Crippen LogP) is 2.01. The van der Waals surface area contributed by atoms with Crippen LogP contribution in [0.5, 0.6) is 0 Å². The number of nitrogens with one attached hydrogen (secondary N) is 2. The third-order valence-electron chi connectivity index (χ3n) is 5.32. The van der Waals surface area contributed by atoms with Gasteiger partial charge in [0.1, 0.15) is 0 Å². The molecule has 0 radical (unpaired) electrons. The summed E-state index contributed by atoms with van der Waals surface area (Å²) in [6.45, 7) is 1.72. The minimum absolute atomic E-state index is 0.00325. The summed E-state index contributed by atoms with van der Waals surface area (Å²) in [6.07, 6.45) is 4.20. The van der Waals surface area contributed by atoms with Gasteiger partial charge in [0.25, 0.3) is 0 Å². The van der Waals surface area contributed by atoms with Crippen molar-refractivity contribution in [2.75, 3.05) is 25.4 Å². The molecule has 1 aromatic carbocycles. The number of benzene rings is 1.